The van der Waals surface area contributed by atoms with E-state index >= 15 is 0 Å². The smallest absolute Gasteiger partial charge is 0.128 e. The summed E-state index contributed by atoms with van der Waals surface area (Å²) in [5, 5.41) is 31.7. The molecule has 9 nitrogen and oxygen atoms in total. The van der Waals surface area contributed by atoms with Gasteiger partial charge in [0.25, 0.3) is 0 Å². The third-order valence-corrected chi connectivity index (χ3v) is 6.89. The first kappa shape index (κ1) is 27.8. The highest BCUT2D eigenvalue weighted by atomic mass is 16.6. The number of rotatable bonds is 14. The topological polar surface area (TPSA) is 99.2 Å². The maximum Gasteiger partial charge on any atom is 0.128 e. The molecule has 2 aromatic carbocycles. The summed E-state index contributed by atoms with van der Waals surface area (Å²) in [5.41, 5.74) is 2.66. The van der Waals surface area contributed by atoms with Crippen molar-refractivity contribution in [3.05, 3.63) is 66.4 Å². The molecule has 0 saturated carbocycles. The lowest BCUT2D eigenvalue weighted by atomic mass is 10.1. The molecular weight excluding hydrogens is 480 g/mol. The molecule has 1 aromatic heterocycles. The molecule has 0 bridgehead atoms. The average Bonchev–Trinajstić information content (AvgIpc) is 3.30. The van der Waals surface area contributed by atoms with Crippen LogP contribution in [0.1, 0.15) is 37.7 Å². The number of aromatic nitrogens is 3. The van der Waals surface area contributed by atoms with Crippen molar-refractivity contribution in [3.63, 3.8) is 0 Å². The van der Waals surface area contributed by atoms with E-state index in [0.717, 1.165) is 94.7 Å². The molecule has 9 heteroatoms. The van der Waals surface area contributed by atoms with E-state index in [1.165, 1.54) is 0 Å². The third kappa shape index (κ3) is 9.24. The molecule has 1 aliphatic rings. The van der Waals surface area contributed by atoms with Crippen LogP contribution in [0.3, 0.4) is 0 Å². The molecule has 2 heterocycles. The lowest BCUT2D eigenvalue weighted by Gasteiger charge is -2.23. The second-order valence-electron chi connectivity index (χ2n) is 9.83. The van der Waals surface area contributed by atoms with Crippen LogP contribution in [-0.4, -0.2) is 93.2 Å². The summed E-state index contributed by atoms with van der Waals surface area (Å²) in [5.74, 6) is 0.233. The molecule has 2 N–H and O–H groups in total. The first-order valence-corrected chi connectivity index (χ1v) is 13.7. The molecule has 3 aromatic rings. The SMILES string of the molecule is OCCCC(CCN1CCCN(CCCn2cc(-c3cccc(O)c3)nn2)CC1)O/N=C/c1ccccc1. The van der Waals surface area contributed by atoms with Crippen molar-refractivity contribution in [2.45, 2.75) is 44.8 Å². The van der Waals surface area contributed by atoms with E-state index < -0.39 is 0 Å². The Morgan fingerprint density at radius 2 is 1.74 bits per heavy atom. The maximum atomic E-state index is 9.69. The van der Waals surface area contributed by atoms with E-state index in [9.17, 15) is 10.2 Å². The summed E-state index contributed by atoms with van der Waals surface area (Å²) in [7, 11) is 0. The molecule has 4 rings (SSSR count). The monoisotopic (exact) mass is 520 g/mol. The van der Waals surface area contributed by atoms with Gasteiger partial charge in [-0.05, 0) is 69.4 Å². The summed E-state index contributed by atoms with van der Waals surface area (Å²) >= 11 is 0. The minimum absolute atomic E-state index is 0.00823. The van der Waals surface area contributed by atoms with Crippen molar-refractivity contribution in [2.24, 2.45) is 5.16 Å². The van der Waals surface area contributed by atoms with Crippen molar-refractivity contribution in [1.29, 1.82) is 0 Å². The predicted molar refractivity (Wildman–Crippen MR) is 149 cm³/mol. The normalized spacial score (nSPS) is 16.0. The van der Waals surface area contributed by atoms with Gasteiger partial charge in [0.15, 0.2) is 0 Å². The second-order valence-corrected chi connectivity index (χ2v) is 9.83. The number of aromatic hydroxyl groups is 1. The van der Waals surface area contributed by atoms with E-state index in [1.54, 1.807) is 18.3 Å². The van der Waals surface area contributed by atoms with Crippen molar-refractivity contribution in [3.8, 4) is 17.0 Å². The van der Waals surface area contributed by atoms with Gasteiger partial charge in [0.05, 0.1) is 12.4 Å². The summed E-state index contributed by atoms with van der Waals surface area (Å²) in [6, 6.07) is 17.0. The molecule has 204 valence electrons. The maximum absolute atomic E-state index is 9.69. The highest BCUT2D eigenvalue weighted by Crippen LogP contribution is 2.20. The molecule has 1 atom stereocenters. The molecule has 0 amide bonds. The van der Waals surface area contributed by atoms with Gasteiger partial charge in [0, 0.05) is 38.3 Å². The molecular formula is C29H40N6O3. The lowest BCUT2D eigenvalue weighted by Crippen LogP contribution is -2.33. The molecule has 1 aliphatic heterocycles. The van der Waals surface area contributed by atoms with E-state index in [1.807, 2.05) is 53.3 Å². The quantitative estimate of drug-likeness (QED) is 0.247. The van der Waals surface area contributed by atoms with Crippen LogP contribution in [0.25, 0.3) is 11.3 Å². The lowest BCUT2D eigenvalue weighted by molar-refractivity contribution is 0.0357. The molecule has 1 saturated heterocycles. The van der Waals surface area contributed by atoms with Gasteiger partial charge in [-0.3, -0.25) is 4.68 Å². The van der Waals surface area contributed by atoms with Crippen LogP contribution >= 0.6 is 0 Å². The highest BCUT2D eigenvalue weighted by Gasteiger charge is 2.17. The number of phenols is 1. The Balaban J connectivity index is 1.16. The van der Waals surface area contributed by atoms with Gasteiger partial charge in [0.1, 0.15) is 17.5 Å². The van der Waals surface area contributed by atoms with Gasteiger partial charge in [-0.15, -0.1) is 5.10 Å². The Kier molecular flexibility index (Phi) is 11.1. The van der Waals surface area contributed by atoms with Crippen LogP contribution in [0.4, 0.5) is 0 Å². The van der Waals surface area contributed by atoms with E-state index in [-0.39, 0.29) is 18.5 Å². The predicted octanol–water partition coefficient (Wildman–Crippen LogP) is 3.63. The van der Waals surface area contributed by atoms with Gasteiger partial charge in [0.2, 0.25) is 0 Å². The number of aryl methyl sites for hydroxylation is 1. The molecule has 0 aliphatic carbocycles. The zero-order valence-corrected chi connectivity index (χ0v) is 22.1. The van der Waals surface area contributed by atoms with Gasteiger partial charge >= 0.3 is 0 Å². The van der Waals surface area contributed by atoms with Crippen molar-refractivity contribution in [2.75, 3.05) is 45.9 Å². The standard InChI is InChI=1S/C29H40N6O3/c36-21-5-12-28(38-30-23-25-8-2-1-3-9-25)13-18-34-15-6-14-33(19-20-34)16-7-17-35-24-29(31-32-35)26-10-4-11-27(37)22-26/h1-4,8-11,22-24,28,36-37H,5-7,12-21H2/b30-23+. The van der Waals surface area contributed by atoms with Crippen LogP contribution in [0.5, 0.6) is 5.75 Å². The van der Waals surface area contributed by atoms with Crippen LogP contribution in [-0.2, 0) is 11.4 Å². The number of hydrogen-bond acceptors (Lipinski definition) is 8. The fourth-order valence-corrected chi connectivity index (χ4v) is 4.74. The van der Waals surface area contributed by atoms with Gasteiger partial charge in [-0.1, -0.05) is 52.8 Å². The molecule has 0 radical (unpaired) electrons. The summed E-state index contributed by atoms with van der Waals surface area (Å²) in [4.78, 5) is 10.9. The van der Waals surface area contributed by atoms with Crippen LogP contribution in [0, 0.1) is 0 Å². The van der Waals surface area contributed by atoms with E-state index in [2.05, 4.69) is 25.3 Å². The van der Waals surface area contributed by atoms with Crippen LogP contribution in [0.15, 0.2) is 65.9 Å². The first-order chi connectivity index (χ1) is 18.7. The number of oxime groups is 1. The number of nitrogens with zero attached hydrogens (tertiary/aromatic N) is 6. The first-order valence-electron chi connectivity index (χ1n) is 13.7. The summed E-state index contributed by atoms with van der Waals surface area (Å²) in [6.45, 7) is 7.30. The number of benzene rings is 2. The zero-order valence-electron chi connectivity index (χ0n) is 22.1. The van der Waals surface area contributed by atoms with E-state index in [0.29, 0.717) is 0 Å². The fraction of sp³-hybridized carbons (Fsp3) is 0.483. The summed E-state index contributed by atoms with van der Waals surface area (Å²) in [6.07, 6.45) is 8.30. The zero-order chi connectivity index (χ0) is 26.4. The van der Waals surface area contributed by atoms with Crippen molar-refractivity contribution >= 4 is 6.21 Å². The molecule has 1 fully saturated rings. The minimum atomic E-state index is 0.00823. The Hall–Kier alpha value is -3.27. The Labute approximate surface area is 225 Å². The van der Waals surface area contributed by atoms with Crippen molar-refractivity contribution in [1.82, 2.24) is 24.8 Å². The van der Waals surface area contributed by atoms with Gasteiger partial charge in [-0.25, -0.2) is 0 Å². The molecule has 38 heavy (non-hydrogen) atoms. The van der Waals surface area contributed by atoms with Crippen LogP contribution in [0.2, 0.25) is 0 Å². The number of phenolic OH excluding ortho intramolecular Hbond substituents is 1. The van der Waals surface area contributed by atoms with Gasteiger partial charge < -0.3 is 24.9 Å². The molecule has 1 unspecified atom stereocenters. The number of hydrogen-bond donors (Lipinski definition) is 2. The second kappa shape index (κ2) is 15.2. The number of aliphatic hydroxyl groups excluding tert-OH is 1. The van der Waals surface area contributed by atoms with E-state index in [4.69, 9.17) is 4.84 Å². The molecule has 0 spiro atoms. The largest absolute Gasteiger partial charge is 0.508 e. The summed E-state index contributed by atoms with van der Waals surface area (Å²) < 4.78 is 1.89. The van der Waals surface area contributed by atoms with Crippen LogP contribution < -0.4 is 0 Å². The van der Waals surface area contributed by atoms with Crippen molar-refractivity contribution < 1.29 is 15.1 Å². The average molecular weight is 521 g/mol. The Morgan fingerprint density at radius 1 is 0.921 bits per heavy atom. The minimum Gasteiger partial charge on any atom is -0.508 e. The third-order valence-electron chi connectivity index (χ3n) is 6.89. The van der Waals surface area contributed by atoms with Gasteiger partial charge in [-0.2, -0.15) is 0 Å². The Bertz CT molecular complexity index is 1110. The fourth-order valence-electron chi connectivity index (χ4n) is 4.74. The Morgan fingerprint density at radius 3 is 2.53 bits per heavy atom. The highest BCUT2D eigenvalue weighted by molar-refractivity contribution is 5.78. The number of aliphatic hydroxyl groups is 1.